The van der Waals surface area contributed by atoms with Crippen molar-refractivity contribution in [3.05, 3.63) is 59.5 Å². The first-order chi connectivity index (χ1) is 16.4. The number of nitrogens with zero attached hydrogens (tertiary/aromatic N) is 3. The lowest BCUT2D eigenvalue weighted by molar-refractivity contribution is 0.0917. The normalized spacial score (nSPS) is 14.9. The third kappa shape index (κ3) is 5.28. The Balaban J connectivity index is 1.45. The zero-order chi connectivity index (χ0) is 24.2. The van der Waals surface area contributed by atoms with Crippen LogP contribution in [0.1, 0.15) is 66.0 Å². The Bertz CT molecular complexity index is 1180. The lowest BCUT2D eigenvalue weighted by Gasteiger charge is -2.13. The number of hydrogen-bond donors (Lipinski definition) is 2. The number of aromatic nitrogens is 3. The van der Waals surface area contributed by atoms with Crippen LogP contribution in [0.25, 0.3) is 11.4 Å². The predicted octanol–water partition coefficient (Wildman–Crippen LogP) is 3.50. The van der Waals surface area contributed by atoms with Crippen molar-refractivity contribution in [3.8, 4) is 17.1 Å². The van der Waals surface area contributed by atoms with Gasteiger partial charge < -0.3 is 19.7 Å². The number of ether oxygens (including phenoxy) is 1. The number of aliphatic hydroxyl groups is 1. The van der Waals surface area contributed by atoms with Gasteiger partial charge in [0.1, 0.15) is 17.3 Å². The molecule has 0 radical (unpaired) electrons. The van der Waals surface area contributed by atoms with E-state index in [0.29, 0.717) is 23.4 Å². The molecule has 9 nitrogen and oxygen atoms in total. The van der Waals surface area contributed by atoms with Crippen LogP contribution in [-0.4, -0.2) is 44.6 Å². The summed E-state index contributed by atoms with van der Waals surface area (Å²) in [5.41, 5.74) is 0.602. The number of Topliss-reactive ketones (excluding diaryl/α,β-unsaturated/α-hetero) is 1. The summed E-state index contributed by atoms with van der Waals surface area (Å²) >= 11 is 0. The second kappa shape index (κ2) is 10.1. The van der Waals surface area contributed by atoms with Gasteiger partial charge in [0.2, 0.25) is 5.82 Å². The van der Waals surface area contributed by atoms with Gasteiger partial charge in [-0.25, -0.2) is 9.37 Å². The molecule has 0 saturated heterocycles. The zero-order valence-corrected chi connectivity index (χ0v) is 18.8. The molecule has 1 fully saturated rings. The van der Waals surface area contributed by atoms with Crippen LogP contribution in [0.3, 0.4) is 0 Å². The summed E-state index contributed by atoms with van der Waals surface area (Å²) in [6.45, 7) is 3.24. The standard InChI is InChI=1S/C24H25FN4O5/c1-3-20(33-16-7-9-19(26-11-16)21(31)14-4-5-14)24-28-22(29-34-24)15-6-8-17(18(25)10-15)23(32)27-13(2)12-30/h6-11,13-14,20,30H,3-5,12H2,1-2H3,(H,27,32)/t13-,20-/m1/s1. The molecule has 0 aliphatic heterocycles. The third-order valence-corrected chi connectivity index (χ3v) is 5.43. The second-order valence-corrected chi connectivity index (χ2v) is 8.24. The highest BCUT2D eigenvalue weighted by Crippen LogP contribution is 2.32. The van der Waals surface area contributed by atoms with E-state index in [9.17, 15) is 14.0 Å². The van der Waals surface area contributed by atoms with Crippen molar-refractivity contribution >= 4 is 11.7 Å². The third-order valence-electron chi connectivity index (χ3n) is 5.43. The second-order valence-electron chi connectivity index (χ2n) is 8.24. The molecular weight excluding hydrogens is 443 g/mol. The number of ketones is 1. The van der Waals surface area contributed by atoms with Gasteiger partial charge in [-0.15, -0.1) is 0 Å². The van der Waals surface area contributed by atoms with E-state index in [1.165, 1.54) is 18.3 Å². The Hall–Kier alpha value is -3.66. The van der Waals surface area contributed by atoms with Crippen LogP contribution in [-0.2, 0) is 0 Å². The molecule has 34 heavy (non-hydrogen) atoms. The van der Waals surface area contributed by atoms with E-state index in [4.69, 9.17) is 14.4 Å². The highest BCUT2D eigenvalue weighted by molar-refractivity contribution is 5.97. The fourth-order valence-electron chi connectivity index (χ4n) is 3.29. The Morgan fingerprint density at radius 2 is 2.09 bits per heavy atom. The molecule has 1 aromatic carbocycles. The molecule has 2 heterocycles. The summed E-state index contributed by atoms with van der Waals surface area (Å²) < 4.78 is 25.8. The number of carbonyl (C=O) groups is 2. The number of benzene rings is 1. The minimum absolute atomic E-state index is 0.0544. The van der Waals surface area contributed by atoms with Crippen molar-refractivity contribution in [2.24, 2.45) is 5.92 Å². The number of halogens is 1. The molecule has 0 bridgehead atoms. The van der Waals surface area contributed by atoms with Gasteiger partial charge in [-0.1, -0.05) is 18.1 Å². The van der Waals surface area contributed by atoms with Gasteiger partial charge in [0.25, 0.3) is 11.8 Å². The maximum Gasteiger partial charge on any atom is 0.268 e. The molecule has 1 aliphatic rings. The molecule has 178 valence electrons. The number of rotatable bonds is 10. The first-order valence-corrected chi connectivity index (χ1v) is 11.1. The fraction of sp³-hybridized carbons (Fsp3) is 0.375. The van der Waals surface area contributed by atoms with Gasteiger partial charge in [0, 0.05) is 17.5 Å². The van der Waals surface area contributed by atoms with Gasteiger partial charge in [0.05, 0.1) is 18.4 Å². The van der Waals surface area contributed by atoms with Crippen molar-refractivity contribution in [2.45, 2.75) is 45.3 Å². The van der Waals surface area contributed by atoms with Crippen LogP contribution < -0.4 is 10.1 Å². The summed E-state index contributed by atoms with van der Waals surface area (Å²) in [5.74, 6) is -0.420. The molecule has 2 atom stereocenters. The SMILES string of the molecule is CC[C@@H](Oc1ccc(C(=O)C2CC2)nc1)c1nc(-c2ccc(C(=O)N[C@H](C)CO)c(F)c2)no1. The van der Waals surface area contributed by atoms with Crippen molar-refractivity contribution in [1.82, 2.24) is 20.4 Å². The van der Waals surface area contributed by atoms with Gasteiger partial charge >= 0.3 is 0 Å². The van der Waals surface area contributed by atoms with Crippen LogP contribution in [0.5, 0.6) is 5.75 Å². The van der Waals surface area contributed by atoms with Crippen LogP contribution in [0.2, 0.25) is 0 Å². The van der Waals surface area contributed by atoms with Gasteiger partial charge in [-0.2, -0.15) is 4.98 Å². The molecule has 2 aromatic heterocycles. The number of pyridine rings is 1. The zero-order valence-electron chi connectivity index (χ0n) is 18.8. The minimum atomic E-state index is -0.748. The Morgan fingerprint density at radius 1 is 1.29 bits per heavy atom. The smallest absolute Gasteiger partial charge is 0.268 e. The Morgan fingerprint density at radius 3 is 2.71 bits per heavy atom. The number of aliphatic hydroxyl groups excluding tert-OH is 1. The van der Waals surface area contributed by atoms with E-state index in [0.717, 1.165) is 18.9 Å². The molecule has 4 rings (SSSR count). The summed E-state index contributed by atoms with van der Waals surface area (Å²) in [5, 5.41) is 15.5. The largest absolute Gasteiger partial charge is 0.479 e. The molecule has 3 aromatic rings. The van der Waals surface area contributed by atoms with E-state index >= 15 is 0 Å². The molecule has 10 heteroatoms. The molecule has 1 aliphatic carbocycles. The summed E-state index contributed by atoms with van der Waals surface area (Å²) in [6, 6.07) is 6.81. The van der Waals surface area contributed by atoms with Gasteiger partial charge in [0.15, 0.2) is 11.9 Å². The van der Waals surface area contributed by atoms with Crippen LogP contribution in [0.4, 0.5) is 4.39 Å². The van der Waals surface area contributed by atoms with Crippen LogP contribution in [0, 0.1) is 11.7 Å². The fourth-order valence-corrected chi connectivity index (χ4v) is 3.29. The van der Waals surface area contributed by atoms with Crippen LogP contribution in [0.15, 0.2) is 41.1 Å². The average molecular weight is 468 g/mol. The molecule has 0 spiro atoms. The van der Waals surface area contributed by atoms with Gasteiger partial charge in [-0.3, -0.25) is 9.59 Å². The average Bonchev–Trinajstić information content (AvgIpc) is 3.58. The first kappa shape index (κ1) is 23.5. The van der Waals surface area contributed by atoms with E-state index < -0.39 is 23.9 Å². The van der Waals surface area contributed by atoms with E-state index in [2.05, 4.69) is 20.4 Å². The number of carbonyl (C=O) groups excluding carboxylic acids is 2. The monoisotopic (exact) mass is 468 g/mol. The van der Waals surface area contributed by atoms with E-state index in [1.54, 1.807) is 19.1 Å². The Labute approximate surface area is 195 Å². The molecule has 1 saturated carbocycles. The topological polar surface area (TPSA) is 127 Å². The first-order valence-electron chi connectivity index (χ1n) is 11.1. The number of hydrogen-bond acceptors (Lipinski definition) is 8. The minimum Gasteiger partial charge on any atom is -0.479 e. The summed E-state index contributed by atoms with van der Waals surface area (Å²) in [7, 11) is 0. The van der Waals surface area contributed by atoms with Crippen molar-refractivity contribution in [1.29, 1.82) is 0 Å². The van der Waals surface area contributed by atoms with Gasteiger partial charge in [-0.05, 0) is 50.5 Å². The molecule has 2 N–H and O–H groups in total. The number of nitrogens with one attached hydrogen (secondary N) is 1. The van der Waals surface area contributed by atoms with Crippen molar-refractivity contribution in [3.63, 3.8) is 0 Å². The number of amides is 1. The maximum atomic E-state index is 14.5. The highest BCUT2D eigenvalue weighted by atomic mass is 19.1. The quantitative estimate of drug-likeness (QED) is 0.433. The Kier molecular flexibility index (Phi) is 6.97. The van der Waals surface area contributed by atoms with Crippen molar-refractivity contribution in [2.75, 3.05) is 6.61 Å². The van der Waals surface area contributed by atoms with E-state index in [-0.39, 0.29) is 35.6 Å². The lowest BCUT2D eigenvalue weighted by Crippen LogP contribution is -2.35. The molecule has 0 unspecified atom stereocenters. The summed E-state index contributed by atoms with van der Waals surface area (Å²) in [4.78, 5) is 32.8. The molecule has 1 amide bonds. The van der Waals surface area contributed by atoms with Crippen molar-refractivity contribution < 1.29 is 28.3 Å². The van der Waals surface area contributed by atoms with E-state index in [1.807, 2.05) is 6.92 Å². The van der Waals surface area contributed by atoms with Crippen LogP contribution >= 0.6 is 0 Å². The predicted molar refractivity (Wildman–Crippen MR) is 119 cm³/mol. The highest BCUT2D eigenvalue weighted by Gasteiger charge is 2.31. The summed E-state index contributed by atoms with van der Waals surface area (Å²) in [6.07, 6.45) is 3.27. The maximum absolute atomic E-state index is 14.5. The molecular formula is C24H25FN4O5. The lowest BCUT2D eigenvalue weighted by atomic mass is 10.1.